The molecule has 0 radical (unpaired) electrons. The number of ether oxygens (including phenoxy) is 1. The minimum absolute atomic E-state index is 0.214. The van der Waals surface area contributed by atoms with Crippen molar-refractivity contribution in [1.29, 1.82) is 0 Å². The maximum absolute atomic E-state index is 12.1. The van der Waals surface area contributed by atoms with Gasteiger partial charge in [-0.25, -0.2) is 4.79 Å². The first kappa shape index (κ1) is 20.6. The number of carboxylic acid groups (broad SMARTS) is 1. The number of aliphatic carboxylic acids is 1. The Morgan fingerprint density at radius 2 is 1.86 bits per heavy atom. The molecule has 1 atom stereocenters. The van der Waals surface area contributed by atoms with Gasteiger partial charge in [-0.3, -0.25) is 4.79 Å². The van der Waals surface area contributed by atoms with Crippen molar-refractivity contribution in [3.63, 3.8) is 0 Å². The van der Waals surface area contributed by atoms with Crippen LogP contribution in [0.15, 0.2) is 58.7 Å². The normalized spacial score (nSPS) is 17.5. The Balaban J connectivity index is 1.56. The molecule has 1 amide bonds. The lowest BCUT2D eigenvalue weighted by Gasteiger charge is -2.04. The molecular formula is C19H13ClN3O5S-. The summed E-state index contributed by atoms with van der Waals surface area (Å²) in [4.78, 5) is 34.2. The molecule has 0 bridgehead atoms. The maximum atomic E-state index is 12.1. The van der Waals surface area contributed by atoms with Crippen LogP contribution in [0.5, 0.6) is 5.75 Å². The molecule has 2 aromatic carbocycles. The number of nitrogens with zero attached hydrogens (tertiary/aromatic N) is 2. The number of carbonyl (C=O) groups is 3. The lowest BCUT2D eigenvalue weighted by molar-refractivity contribution is -0.305. The number of amidine groups is 1. The summed E-state index contributed by atoms with van der Waals surface area (Å²) in [6.07, 6.45) is 1.05. The molecule has 8 nitrogen and oxygen atoms in total. The Hall–Kier alpha value is -3.17. The van der Waals surface area contributed by atoms with Crippen molar-refractivity contribution in [2.45, 2.75) is 11.7 Å². The minimum atomic E-state index is -1.31. The Morgan fingerprint density at radius 1 is 1.17 bits per heavy atom. The van der Waals surface area contributed by atoms with Gasteiger partial charge in [-0.15, -0.1) is 5.10 Å². The molecule has 0 aromatic heterocycles. The van der Waals surface area contributed by atoms with Gasteiger partial charge in [-0.05, 0) is 54.1 Å². The number of carbonyl (C=O) groups excluding carboxylic acids is 3. The summed E-state index contributed by atoms with van der Waals surface area (Å²) < 4.78 is 5.28. The van der Waals surface area contributed by atoms with Gasteiger partial charge < -0.3 is 20.0 Å². The van der Waals surface area contributed by atoms with Gasteiger partial charge in [0.2, 0.25) is 5.91 Å². The van der Waals surface area contributed by atoms with Gasteiger partial charge in [0, 0.05) is 17.4 Å². The van der Waals surface area contributed by atoms with Gasteiger partial charge in [0.15, 0.2) is 5.17 Å². The fourth-order valence-electron chi connectivity index (χ4n) is 2.26. The van der Waals surface area contributed by atoms with Crippen LogP contribution < -0.4 is 15.2 Å². The highest BCUT2D eigenvalue weighted by Crippen LogP contribution is 2.22. The number of hydrogen-bond donors (Lipinski definition) is 1. The highest BCUT2D eigenvalue weighted by Gasteiger charge is 2.30. The Labute approximate surface area is 174 Å². The summed E-state index contributed by atoms with van der Waals surface area (Å²) in [5.74, 6) is -1.90. The van der Waals surface area contributed by atoms with Crippen LogP contribution in [0.2, 0.25) is 5.02 Å². The fraction of sp³-hybridized carbons (Fsp3) is 0.105. The van der Waals surface area contributed by atoms with E-state index >= 15 is 0 Å². The summed E-state index contributed by atoms with van der Waals surface area (Å²) in [6, 6.07) is 12.9. The average Bonchev–Trinajstić information content (AvgIpc) is 3.02. The number of halogens is 1. The van der Waals surface area contributed by atoms with Crippen molar-refractivity contribution in [3.8, 4) is 5.75 Å². The number of hydrogen-bond acceptors (Lipinski definition) is 8. The summed E-state index contributed by atoms with van der Waals surface area (Å²) in [5, 5.41) is 20.7. The number of thioether (sulfide) groups is 1. The molecule has 1 aliphatic rings. The van der Waals surface area contributed by atoms with Gasteiger partial charge in [0.05, 0.1) is 17.0 Å². The fourth-order valence-corrected chi connectivity index (χ4v) is 3.29. The number of amides is 1. The van der Waals surface area contributed by atoms with E-state index in [-0.39, 0.29) is 5.17 Å². The van der Waals surface area contributed by atoms with Crippen LogP contribution >= 0.6 is 23.4 Å². The molecule has 0 spiro atoms. The lowest BCUT2D eigenvalue weighted by Crippen LogP contribution is -2.31. The Kier molecular flexibility index (Phi) is 6.63. The third-order valence-electron chi connectivity index (χ3n) is 3.65. The maximum Gasteiger partial charge on any atom is 0.343 e. The highest BCUT2D eigenvalue weighted by atomic mass is 35.5. The zero-order valence-electron chi connectivity index (χ0n) is 14.7. The number of carboxylic acids is 1. The van der Waals surface area contributed by atoms with Crippen LogP contribution in [0.3, 0.4) is 0 Å². The highest BCUT2D eigenvalue weighted by molar-refractivity contribution is 8.15. The molecular weight excluding hydrogens is 418 g/mol. The smallest absolute Gasteiger partial charge is 0.343 e. The Morgan fingerprint density at radius 3 is 2.52 bits per heavy atom. The van der Waals surface area contributed by atoms with Crippen molar-refractivity contribution in [2.75, 3.05) is 0 Å². The SMILES string of the molecule is O=C([O-])CC1S/C(=N/N=C/c2ccc(OC(=O)c3ccc(Cl)cc3)cc2)NC1=O. The molecule has 1 aliphatic heterocycles. The summed E-state index contributed by atoms with van der Waals surface area (Å²) in [7, 11) is 0. The van der Waals surface area contributed by atoms with E-state index in [1.807, 2.05) is 0 Å². The van der Waals surface area contributed by atoms with E-state index in [0.717, 1.165) is 11.8 Å². The molecule has 1 heterocycles. The molecule has 0 aliphatic carbocycles. The number of rotatable bonds is 6. The summed E-state index contributed by atoms with van der Waals surface area (Å²) in [5.41, 5.74) is 1.06. The van der Waals surface area contributed by atoms with Crippen LogP contribution in [0.4, 0.5) is 0 Å². The first-order valence-corrected chi connectivity index (χ1v) is 9.52. The molecule has 148 valence electrons. The van der Waals surface area contributed by atoms with E-state index < -0.39 is 29.5 Å². The molecule has 3 rings (SSSR count). The van der Waals surface area contributed by atoms with Crippen molar-refractivity contribution in [2.24, 2.45) is 10.2 Å². The number of esters is 1. The zero-order valence-corrected chi connectivity index (χ0v) is 16.3. The van der Waals surface area contributed by atoms with Gasteiger partial charge in [0.1, 0.15) is 5.75 Å². The van der Waals surface area contributed by atoms with Crippen molar-refractivity contribution < 1.29 is 24.2 Å². The molecule has 2 aromatic rings. The molecule has 1 saturated heterocycles. The topological polar surface area (TPSA) is 120 Å². The van der Waals surface area contributed by atoms with E-state index in [1.54, 1.807) is 48.5 Å². The predicted molar refractivity (Wildman–Crippen MR) is 107 cm³/mol. The summed E-state index contributed by atoms with van der Waals surface area (Å²) in [6.45, 7) is 0. The first-order chi connectivity index (χ1) is 13.9. The van der Waals surface area contributed by atoms with Crippen LogP contribution in [-0.2, 0) is 9.59 Å². The Bertz CT molecular complexity index is 990. The summed E-state index contributed by atoms with van der Waals surface area (Å²) >= 11 is 6.77. The first-order valence-electron chi connectivity index (χ1n) is 8.27. The molecule has 1 N–H and O–H groups in total. The molecule has 1 fully saturated rings. The molecule has 0 saturated carbocycles. The van der Waals surface area contributed by atoms with Crippen molar-refractivity contribution in [1.82, 2.24) is 5.32 Å². The largest absolute Gasteiger partial charge is 0.550 e. The van der Waals surface area contributed by atoms with Crippen LogP contribution in [-0.4, -0.2) is 34.5 Å². The van der Waals surface area contributed by atoms with Crippen LogP contribution in [0.25, 0.3) is 0 Å². The lowest BCUT2D eigenvalue weighted by atomic mass is 10.2. The zero-order chi connectivity index (χ0) is 20.8. The van der Waals surface area contributed by atoms with Crippen molar-refractivity contribution in [3.05, 3.63) is 64.7 Å². The number of benzene rings is 2. The number of nitrogens with one attached hydrogen (secondary N) is 1. The van der Waals surface area contributed by atoms with Gasteiger partial charge >= 0.3 is 5.97 Å². The minimum Gasteiger partial charge on any atom is -0.550 e. The van der Waals surface area contributed by atoms with E-state index in [0.29, 0.717) is 21.9 Å². The second kappa shape index (κ2) is 9.35. The van der Waals surface area contributed by atoms with E-state index in [4.69, 9.17) is 16.3 Å². The molecule has 10 heteroatoms. The van der Waals surface area contributed by atoms with Gasteiger partial charge in [-0.1, -0.05) is 23.4 Å². The second-order valence-electron chi connectivity index (χ2n) is 5.79. The predicted octanol–water partition coefficient (Wildman–Crippen LogP) is 1.62. The third-order valence-corrected chi connectivity index (χ3v) is 4.98. The quantitative estimate of drug-likeness (QED) is 0.322. The second-order valence-corrected chi connectivity index (χ2v) is 7.41. The van der Waals surface area contributed by atoms with Gasteiger partial charge in [0.25, 0.3) is 0 Å². The van der Waals surface area contributed by atoms with E-state index in [9.17, 15) is 19.5 Å². The monoisotopic (exact) mass is 430 g/mol. The molecule has 29 heavy (non-hydrogen) atoms. The molecule has 1 unspecified atom stereocenters. The van der Waals surface area contributed by atoms with Crippen LogP contribution in [0.1, 0.15) is 22.3 Å². The van der Waals surface area contributed by atoms with Crippen LogP contribution in [0, 0.1) is 0 Å². The van der Waals surface area contributed by atoms with Gasteiger partial charge in [-0.2, -0.15) is 5.10 Å². The average molecular weight is 431 g/mol. The standard InChI is InChI=1S/C19H14ClN3O5S/c20-13-5-3-12(4-6-13)18(27)28-14-7-1-11(2-8-14)10-21-23-19-22-17(26)15(29-19)9-16(24)25/h1-8,10,15H,9H2,(H,24,25)(H,22,23,26)/p-1/b21-10+. The van der Waals surface area contributed by atoms with E-state index in [2.05, 4.69) is 15.5 Å². The third kappa shape index (κ3) is 5.90. The van der Waals surface area contributed by atoms with E-state index in [1.165, 1.54) is 6.21 Å². The van der Waals surface area contributed by atoms with Crippen molar-refractivity contribution >= 4 is 52.6 Å².